The lowest BCUT2D eigenvalue weighted by atomic mass is 9.96. The van der Waals surface area contributed by atoms with Crippen molar-refractivity contribution in [3.05, 3.63) is 102 Å². The first-order valence-corrected chi connectivity index (χ1v) is 10.2. The molecule has 0 aliphatic heterocycles. The van der Waals surface area contributed by atoms with Crippen LogP contribution in [-0.4, -0.2) is 27.1 Å². The van der Waals surface area contributed by atoms with E-state index in [1.54, 1.807) is 54.9 Å². The molecule has 0 bridgehead atoms. The second kappa shape index (κ2) is 8.39. The number of nitrogens with one attached hydrogen (secondary N) is 1. The van der Waals surface area contributed by atoms with E-state index in [2.05, 4.69) is 15.5 Å². The van der Waals surface area contributed by atoms with Gasteiger partial charge in [-0.3, -0.25) is 15.1 Å². The number of amides is 1. The number of nitrogens with zero attached hydrogens (tertiary/aromatic N) is 2. The zero-order chi connectivity index (χ0) is 22.8. The third-order valence-electron chi connectivity index (χ3n) is 5.33. The fourth-order valence-corrected chi connectivity index (χ4v) is 3.81. The lowest BCUT2D eigenvalue weighted by Crippen LogP contribution is -2.13. The van der Waals surface area contributed by atoms with Gasteiger partial charge in [-0.1, -0.05) is 59.8 Å². The van der Waals surface area contributed by atoms with Gasteiger partial charge < -0.3 is 9.63 Å². The molecule has 5 rings (SSSR count). The van der Waals surface area contributed by atoms with E-state index in [1.807, 2.05) is 30.3 Å². The molecule has 160 valence electrons. The first kappa shape index (κ1) is 20.1. The highest BCUT2D eigenvalue weighted by Gasteiger charge is 2.25. The second-order valence-electron chi connectivity index (χ2n) is 7.30. The van der Waals surface area contributed by atoms with E-state index >= 15 is 0 Å². The third-order valence-corrected chi connectivity index (χ3v) is 5.33. The zero-order valence-corrected chi connectivity index (χ0v) is 17.2. The van der Waals surface area contributed by atoms with E-state index in [-0.39, 0.29) is 11.4 Å². The second-order valence-corrected chi connectivity index (χ2v) is 7.30. The number of pyridine rings is 1. The Morgan fingerprint density at radius 3 is 2.33 bits per heavy atom. The summed E-state index contributed by atoms with van der Waals surface area (Å²) in [4.78, 5) is 29.2. The lowest BCUT2D eigenvalue weighted by Gasteiger charge is -2.10. The molecule has 7 nitrogen and oxygen atoms in total. The molecule has 7 heteroatoms. The minimum absolute atomic E-state index is 0.0634. The van der Waals surface area contributed by atoms with Crippen molar-refractivity contribution >= 4 is 28.5 Å². The van der Waals surface area contributed by atoms with Gasteiger partial charge in [0.05, 0.1) is 11.1 Å². The standard InChI is InChI=1S/C26H17N3O4/c30-24(20-11-5-7-16-6-1-2-8-18(16)20)28-25-22(19-9-3-4-10-21(19)26(31)32)23(29-33-25)17-12-14-27-15-13-17/h1-15H,(H,28,30)(H,31,32). The van der Waals surface area contributed by atoms with Crippen LogP contribution in [0.2, 0.25) is 0 Å². The highest BCUT2D eigenvalue weighted by molar-refractivity contribution is 6.14. The van der Waals surface area contributed by atoms with Crippen molar-refractivity contribution in [2.45, 2.75) is 0 Å². The first-order valence-electron chi connectivity index (χ1n) is 10.2. The molecule has 0 aliphatic carbocycles. The van der Waals surface area contributed by atoms with Gasteiger partial charge in [0, 0.05) is 29.1 Å². The fourth-order valence-electron chi connectivity index (χ4n) is 3.81. The average molecular weight is 435 g/mol. The summed E-state index contributed by atoms with van der Waals surface area (Å²) in [6.07, 6.45) is 3.20. The molecular formula is C26H17N3O4. The molecule has 0 radical (unpaired) electrons. The van der Waals surface area contributed by atoms with Crippen molar-refractivity contribution < 1.29 is 19.2 Å². The number of rotatable bonds is 5. The van der Waals surface area contributed by atoms with Gasteiger partial charge in [0.1, 0.15) is 5.69 Å². The molecule has 33 heavy (non-hydrogen) atoms. The number of hydrogen-bond donors (Lipinski definition) is 2. The summed E-state index contributed by atoms with van der Waals surface area (Å²) < 4.78 is 5.55. The summed E-state index contributed by atoms with van der Waals surface area (Å²) in [6.45, 7) is 0. The van der Waals surface area contributed by atoms with Crippen molar-refractivity contribution in [2.24, 2.45) is 0 Å². The van der Waals surface area contributed by atoms with Crippen LogP contribution < -0.4 is 5.32 Å². The van der Waals surface area contributed by atoms with Crippen molar-refractivity contribution in [3.8, 4) is 22.4 Å². The number of hydrogen-bond acceptors (Lipinski definition) is 5. The number of aromatic nitrogens is 2. The third kappa shape index (κ3) is 3.72. The smallest absolute Gasteiger partial charge is 0.336 e. The van der Waals surface area contributed by atoms with Crippen molar-refractivity contribution in [1.29, 1.82) is 0 Å². The van der Waals surface area contributed by atoms with Crippen molar-refractivity contribution in [1.82, 2.24) is 10.1 Å². The monoisotopic (exact) mass is 435 g/mol. The minimum atomic E-state index is -1.10. The molecule has 0 saturated heterocycles. The van der Waals surface area contributed by atoms with Crippen LogP contribution in [0.4, 0.5) is 5.88 Å². The average Bonchev–Trinajstić information content (AvgIpc) is 3.27. The number of fused-ring (bicyclic) bond motifs is 1. The van der Waals surface area contributed by atoms with Crippen molar-refractivity contribution in [3.63, 3.8) is 0 Å². The molecule has 0 spiro atoms. The van der Waals surface area contributed by atoms with Crippen LogP contribution in [-0.2, 0) is 0 Å². The molecule has 2 heterocycles. The lowest BCUT2D eigenvalue weighted by molar-refractivity contribution is 0.0697. The summed E-state index contributed by atoms with van der Waals surface area (Å²) >= 11 is 0. The van der Waals surface area contributed by atoms with Crippen LogP contribution in [0.1, 0.15) is 20.7 Å². The van der Waals surface area contributed by atoms with E-state index < -0.39 is 11.9 Å². The predicted molar refractivity (Wildman–Crippen MR) is 124 cm³/mol. The number of benzene rings is 3. The Balaban J connectivity index is 1.65. The maximum atomic E-state index is 13.3. The van der Waals surface area contributed by atoms with Gasteiger partial charge in [0.25, 0.3) is 5.91 Å². The molecule has 0 fully saturated rings. The molecule has 0 saturated carbocycles. The Labute approximate surface area is 188 Å². The summed E-state index contributed by atoms with van der Waals surface area (Å²) in [6, 6.07) is 23.0. The SMILES string of the molecule is O=C(O)c1ccccc1-c1c(-c2ccncc2)noc1NC(=O)c1cccc2ccccc12. The normalized spacial score (nSPS) is 10.8. The predicted octanol–water partition coefficient (Wildman–Crippen LogP) is 5.51. The summed E-state index contributed by atoms with van der Waals surface area (Å²) in [5.41, 5.74) is 2.37. The molecule has 3 aromatic carbocycles. The van der Waals surface area contributed by atoms with Crippen LogP contribution >= 0.6 is 0 Å². The molecule has 1 amide bonds. The van der Waals surface area contributed by atoms with Gasteiger partial charge in [-0.05, 0) is 35.0 Å². The number of anilines is 1. The molecular weight excluding hydrogens is 418 g/mol. The van der Waals surface area contributed by atoms with E-state index in [1.165, 1.54) is 6.07 Å². The van der Waals surface area contributed by atoms with E-state index in [4.69, 9.17) is 4.52 Å². The Kier molecular flexibility index (Phi) is 5.12. The Morgan fingerprint density at radius 1 is 0.818 bits per heavy atom. The maximum Gasteiger partial charge on any atom is 0.336 e. The molecule has 2 N–H and O–H groups in total. The van der Waals surface area contributed by atoms with Gasteiger partial charge in [-0.2, -0.15) is 0 Å². The highest BCUT2D eigenvalue weighted by Crippen LogP contribution is 2.39. The summed E-state index contributed by atoms with van der Waals surface area (Å²) in [5.74, 6) is -1.43. The number of aromatic carboxylic acids is 1. The van der Waals surface area contributed by atoms with Gasteiger partial charge >= 0.3 is 5.97 Å². The summed E-state index contributed by atoms with van der Waals surface area (Å²) in [7, 11) is 0. The van der Waals surface area contributed by atoms with Crippen molar-refractivity contribution in [2.75, 3.05) is 5.32 Å². The molecule has 0 unspecified atom stereocenters. The highest BCUT2D eigenvalue weighted by atomic mass is 16.5. The Bertz CT molecular complexity index is 1490. The molecule has 2 aromatic heterocycles. The number of carbonyl (C=O) groups excluding carboxylic acids is 1. The number of carboxylic acids is 1. The van der Waals surface area contributed by atoms with Crippen LogP contribution in [0.25, 0.3) is 33.2 Å². The van der Waals surface area contributed by atoms with Gasteiger partial charge in [-0.25, -0.2) is 4.79 Å². The topological polar surface area (TPSA) is 105 Å². The quantitative estimate of drug-likeness (QED) is 0.377. The van der Waals surface area contributed by atoms with E-state index in [0.29, 0.717) is 27.9 Å². The van der Waals surface area contributed by atoms with Crippen LogP contribution in [0.5, 0.6) is 0 Å². The fraction of sp³-hybridized carbons (Fsp3) is 0. The maximum absolute atomic E-state index is 13.3. The Hall–Kier alpha value is -4.78. The van der Waals surface area contributed by atoms with Gasteiger partial charge in [0.2, 0.25) is 5.88 Å². The number of carbonyl (C=O) groups is 2. The number of carboxylic acid groups (broad SMARTS) is 1. The Morgan fingerprint density at radius 2 is 1.52 bits per heavy atom. The minimum Gasteiger partial charge on any atom is -0.478 e. The van der Waals surface area contributed by atoms with E-state index in [0.717, 1.165) is 10.8 Å². The summed E-state index contributed by atoms with van der Waals surface area (Å²) in [5, 5.41) is 18.4. The van der Waals surface area contributed by atoms with Crippen LogP contribution in [0, 0.1) is 0 Å². The van der Waals surface area contributed by atoms with Crippen LogP contribution in [0.3, 0.4) is 0 Å². The van der Waals surface area contributed by atoms with Crippen LogP contribution in [0.15, 0.2) is 95.8 Å². The van der Waals surface area contributed by atoms with Gasteiger partial charge in [-0.15, -0.1) is 0 Å². The zero-order valence-electron chi connectivity index (χ0n) is 17.2. The first-order chi connectivity index (χ1) is 16.1. The molecule has 0 aliphatic rings. The molecule has 0 atom stereocenters. The van der Waals surface area contributed by atoms with Gasteiger partial charge in [0.15, 0.2) is 0 Å². The van der Waals surface area contributed by atoms with E-state index in [9.17, 15) is 14.7 Å². The largest absolute Gasteiger partial charge is 0.478 e. The molecule has 5 aromatic rings.